The van der Waals surface area contributed by atoms with Gasteiger partial charge in [0, 0.05) is 25.7 Å². The van der Waals surface area contributed by atoms with Crippen LogP contribution in [0, 0.1) is 5.92 Å². The molecule has 1 saturated heterocycles. The molecule has 1 fully saturated rings. The lowest BCUT2D eigenvalue weighted by Gasteiger charge is -2.32. The van der Waals surface area contributed by atoms with E-state index >= 15 is 0 Å². The number of primary amides is 1. The van der Waals surface area contributed by atoms with Crippen LogP contribution in [0.4, 0.5) is 5.82 Å². The van der Waals surface area contributed by atoms with Crippen LogP contribution in [0.1, 0.15) is 30.7 Å². The number of carbonyl (C=O) groups excluding carboxylic acids is 1. The van der Waals surface area contributed by atoms with Gasteiger partial charge in [-0.3, -0.25) is 4.79 Å². The van der Waals surface area contributed by atoms with Crippen molar-refractivity contribution in [3.05, 3.63) is 60.0 Å². The topological polar surface area (TPSA) is 98.1 Å². The van der Waals surface area contributed by atoms with E-state index in [0.29, 0.717) is 18.3 Å². The van der Waals surface area contributed by atoms with Gasteiger partial charge in [-0.05, 0) is 43.4 Å². The molecule has 2 aromatic heterocycles. The zero-order valence-electron chi connectivity index (χ0n) is 16.3. The zero-order chi connectivity index (χ0) is 20.1. The van der Waals surface area contributed by atoms with E-state index in [0.717, 1.165) is 50.0 Å². The number of hydrogen-bond acceptors (Lipinski definition) is 6. The van der Waals surface area contributed by atoms with Crippen LogP contribution in [-0.2, 0) is 17.6 Å². The molecule has 4 rings (SSSR count). The van der Waals surface area contributed by atoms with Gasteiger partial charge < -0.3 is 15.2 Å². The van der Waals surface area contributed by atoms with Gasteiger partial charge in [0.2, 0.25) is 5.91 Å². The summed E-state index contributed by atoms with van der Waals surface area (Å²) in [5.74, 6) is 1.67. The molecule has 1 aromatic carbocycles. The molecule has 7 nitrogen and oxygen atoms in total. The first kappa shape index (κ1) is 19.1. The quantitative estimate of drug-likeness (QED) is 0.665. The fraction of sp³-hybridized carbons (Fsp3) is 0.364. The minimum Gasteiger partial charge on any atom is -0.369 e. The van der Waals surface area contributed by atoms with Crippen molar-refractivity contribution in [3.8, 4) is 11.5 Å². The Hall–Kier alpha value is -3.22. The van der Waals surface area contributed by atoms with E-state index in [2.05, 4.69) is 44.3 Å². The maximum atomic E-state index is 11.5. The molecule has 1 atom stereocenters. The highest BCUT2D eigenvalue weighted by Gasteiger charge is 2.24. The largest absolute Gasteiger partial charge is 0.369 e. The molecule has 3 heterocycles. The van der Waals surface area contributed by atoms with Crippen molar-refractivity contribution in [1.82, 2.24) is 15.1 Å². The van der Waals surface area contributed by atoms with Crippen LogP contribution in [0.25, 0.3) is 11.5 Å². The van der Waals surface area contributed by atoms with Crippen molar-refractivity contribution >= 4 is 11.7 Å². The Kier molecular flexibility index (Phi) is 5.84. The second-order valence-corrected chi connectivity index (χ2v) is 7.45. The molecule has 0 bridgehead atoms. The van der Waals surface area contributed by atoms with E-state index in [1.807, 2.05) is 18.2 Å². The molecule has 3 aromatic rings. The van der Waals surface area contributed by atoms with E-state index in [4.69, 9.17) is 10.3 Å². The maximum Gasteiger partial charge on any atom is 0.259 e. The summed E-state index contributed by atoms with van der Waals surface area (Å²) in [7, 11) is 0. The predicted octanol–water partition coefficient (Wildman–Crippen LogP) is 3.01. The molecule has 2 N–H and O–H groups in total. The number of benzene rings is 1. The van der Waals surface area contributed by atoms with E-state index in [-0.39, 0.29) is 11.8 Å². The molecule has 1 aliphatic heterocycles. The van der Waals surface area contributed by atoms with E-state index in [9.17, 15) is 4.79 Å². The van der Waals surface area contributed by atoms with E-state index < -0.39 is 0 Å². The van der Waals surface area contributed by atoms with Crippen LogP contribution in [-0.4, -0.2) is 34.1 Å². The number of anilines is 1. The molecule has 0 aliphatic carbocycles. The zero-order valence-corrected chi connectivity index (χ0v) is 16.3. The molecule has 150 valence electrons. The van der Waals surface area contributed by atoms with Crippen LogP contribution < -0.4 is 10.6 Å². The molecule has 29 heavy (non-hydrogen) atoms. The van der Waals surface area contributed by atoms with Gasteiger partial charge in [-0.1, -0.05) is 35.5 Å². The summed E-state index contributed by atoms with van der Waals surface area (Å²) in [5, 5.41) is 4.09. The number of nitrogens with zero attached hydrogens (tertiary/aromatic N) is 4. The molecule has 1 amide bonds. The first-order valence-corrected chi connectivity index (χ1v) is 10.1. The van der Waals surface area contributed by atoms with Crippen molar-refractivity contribution in [2.75, 3.05) is 18.0 Å². The average Bonchev–Trinajstić information content (AvgIpc) is 3.24. The highest BCUT2D eigenvalue weighted by molar-refractivity contribution is 5.77. The van der Waals surface area contributed by atoms with Crippen molar-refractivity contribution in [2.24, 2.45) is 11.7 Å². The lowest BCUT2D eigenvalue weighted by Crippen LogP contribution is -2.41. The third kappa shape index (κ3) is 4.80. The first-order chi connectivity index (χ1) is 14.2. The minimum absolute atomic E-state index is 0.111. The molecule has 0 radical (unpaired) electrons. The fourth-order valence-corrected chi connectivity index (χ4v) is 3.69. The van der Waals surface area contributed by atoms with Gasteiger partial charge in [-0.15, -0.1) is 0 Å². The highest BCUT2D eigenvalue weighted by atomic mass is 16.5. The van der Waals surface area contributed by atoms with Crippen LogP contribution in [0.2, 0.25) is 0 Å². The predicted molar refractivity (Wildman–Crippen MR) is 110 cm³/mol. The molecular formula is C22H25N5O2. The van der Waals surface area contributed by atoms with Crippen molar-refractivity contribution < 1.29 is 9.32 Å². The normalized spacial score (nSPS) is 16.7. The van der Waals surface area contributed by atoms with Gasteiger partial charge in [0.25, 0.3) is 5.89 Å². The van der Waals surface area contributed by atoms with Gasteiger partial charge in [0.05, 0.1) is 11.5 Å². The van der Waals surface area contributed by atoms with Gasteiger partial charge in [-0.25, -0.2) is 4.98 Å². The summed E-state index contributed by atoms with van der Waals surface area (Å²) in [4.78, 5) is 22.6. The summed E-state index contributed by atoms with van der Waals surface area (Å²) >= 11 is 0. The standard InChI is InChI=1S/C22H25N5O2/c23-21(28)18-9-5-13-27(15-18)20-12-11-17(14-24-20)22-25-19(26-29-22)10-4-8-16-6-2-1-3-7-16/h1-3,6-7,11-12,14,18H,4-5,8-10,13,15H2,(H2,23,28)/t18-/m0/s1. The Morgan fingerprint density at radius 3 is 2.79 bits per heavy atom. The number of amides is 1. The summed E-state index contributed by atoms with van der Waals surface area (Å²) < 4.78 is 5.41. The van der Waals surface area contributed by atoms with Gasteiger partial charge in [0.15, 0.2) is 5.82 Å². The number of aromatic nitrogens is 3. The van der Waals surface area contributed by atoms with Gasteiger partial charge in [0.1, 0.15) is 5.82 Å². The molecule has 1 aliphatic rings. The van der Waals surface area contributed by atoms with Crippen molar-refractivity contribution in [3.63, 3.8) is 0 Å². The second kappa shape index (κ2) is 8.86. The lowest BCUT2D eigenvalue weighted by atomic mass is 9.97. The van der Waals surface area contributed by atoms with Gasteiger partial charge in [-0.2, -0.15) is 4.98 Å². The summed E-state index contributed by atoms with van der Waals surface area (Å²) in [6.07, 6.45) is 6.25. The molecule has 0 unspecified atom stereocenters. The van der Waals surface area contributed by atoms with Crippen LogP contribution in [0.5, 0.6) is 0 Å². The number of hydrogen-bond donors (Lipinski definition) is 1. The first-order valence-electron chi connectivity index (χ1n) is 10.1. The van der Waals surface area contributed by atoms with Crippen LogP contribution >= 0.6 is 0 Å². The van der Waals surface area contributed by atoms with Crippen molar-refractivity contribution in [2.45, 2.75) is 32.1 Å². The smallest absolute Gasteiger partial charge is 0.259 e. The number of aryl methyl sites for hydroxylation is 2. The Morgan fingerprint density at radius 2 is 2.03 bits per heavy atom. The number of nitrogens with two attached hydrogens (primary N) is 1. The van der Waals surface area contributed by atoms with Crippen LogP contribution in [0.15, 0.2) is 53.2 Å². The minimum atomic E-state index is -0.239. The SMILES string of the molecule is NC(=O)[C@H]1CCCN(c2ccc(-c3nc(CCCc4ccccc4)no3)cn2)C1. The molecule has 0 spiro atoms. The third-order valence-electron chi connectivity index (χ3n) is 5.32. The van der Waals surface area contributed by atoms with Crippen molar-refractivity contribution in [1.29, 1.82) is 0 Å². The average molecular weight is 391 g/mol. The number of rotatable bonds is 7. The number of carbonyl (C=O) groups is 1. The summed E-state index contributed by atoms with van der Waals surface area (Å²) in [5.41, 5.74) is 7.57. The fourth-order valence-electron chi connectivity index (χ4n) is 3.69. The second-order valence-electron chi connectivity index (χ2n) is 7.45. The third-order valence-corrected chi connectivity index (χ3v) is 5.32. The van der Waals surface area contributed by atoms with Gasteiger partial charge >= 0.3 is 0 Å². The monoisotopic (exact) mass is 391 g/mol. The molecular weight excluding hydrogens is 366 g/mol. The van der Waals surface area contributed by atoms with E-state index in [1.54, 1.807) is 6.20 Å². The Morgan fingerprint density at radius 1 is 1.17 bits per heavy atom. The maximum absolute atomic E-state index is 11.5. The Balaban J connectivity index is 1.35. The molecule has 7 heteroatoms. The summed E-state index contributed by atoms with van der Waals surface area (Å²) in [6, 6.07) is 14.2. The van der Waals surface area contributed by atoms with E-state index in [1.165, 1.54) is 5.56 Å². The highest BCUT2D eigenvalue weighted by Crippen LogP contribution is 2.24. The number of pyridine rings is 1. The lowest BCUT2D eigenvalue weighted by molar-refractivity contribution is -0.122. The Bertz CT molecular complexity index is 939. The number of piperidine rings is 1. The Labute approximate surface area is 169 Å². The summed E-state index contributed by atoms with van der Waals surface area (Å²) in [6.45, 7) is 1.50. The molecule has 0 saturated carbocycles. The van der Waals surface area contributed by atoms with Crippen LogP contribution in [0.3, 0.4) is 0 Å².